The van der Waals surface area contributed by atoms with Crippen molar-refractivity contribution in [2.75, 3.05) is 0 Å². The highest BCUT2D eigenvalue weighted by Gasteiger charge is 2.06. The zero-order chi connectivity index (χ0) is 14.0. The second-order valence-electron chi connectivity index (χ2n) is 6.24. The van der Waals surface area contributed by atoms with Crippen LogP contribution in [-0.4, -0.2) is 4.98 Å². The highest BCUT2D eigenvalue weighted by molar-refractivity contribution is 5.82. The highest BCUT2D eigenvalue weighted by Crippen LogP contribution is 2.17. The van der Waals surface area contributed by atoms with Gasteiger partial charge in [0.15, 0.2) is 0 Å². The van der Waals surface area contributed by atoms with Gasteiger partial charge in [0.2, 0.25) is 0 Å². The average molecular weight is 257 g/mol. The number of nitrogens with one attached hydrogen (secondary N) is 1. The van der Waals surface area contributed by atoms with Crippen LogP contribution in [0.25, 0.3) is 10.8 Å². The standard InChI is InChI=1S/C17H23NO/c1-11(2)7-13-5-6-16-14(9-13)10-15(8-12(3)4)18-17(16)19/h5-6,9-12H,7-8H2,1-4H3,(H,18,19). The predicted molar refractivity (Wildman–Crippen MR) is 81.7 cm³/mol. The number of aromatic amines is 1. The Labute approximate surface area is 114 Å². The van der Waals surface area contributed by atoms with Crippen molar-refractivity contribution < 1.29 is 0 Å². The van der Waals surface area contributed by atoms with E-state index in [0.717, 1.165) is 29.3 Å². The fourth-order valence-electron chi connectivity index (χ4n) is 2.52. The summed E-state index contributed by atoms with van der Waals surface area (Å²) in [5.74, 6) is 1.18. The molecule has 2 heteroatoms. The van der Waals surface area contributed by atoms with E-state index in [2.05, 4.69) is 50.9 Å². The van der Waals surface area contributed by atoms with E-state index >= 15 is 0 Å². The molecule has 2 aromatic rings. The summed E-state index contributed by atoms with van der Waals surface area (Å²) in [5, 5.41) is 1.86. The van der Waals surface area contributed by atoms with E-state index in [4.69, 9.17) is 0 Å². The molecule has 1 N–H and O–H groups in total. The first-order valence-electron chi connectivity index (χ1n) is 7.10. The molecule has 1 aromatic carbocycles. The summed E-state index contributed by atoms with van der Waals surface area (Å²) >= 11 is 0. The van der Waals surface area contributed by atoms with Crippen molar-refractivity contribution in [3.63, 3.8) is 0 Å². The van der Waals surface area contributed by atoms with Crippen molar-refractivity contribution in [3.05, 3.63) is 45.9 Å². The lowest BCUT2D eigenvalue weighted by atomic mass is 9.99. The van der Waals surface area contributed by atoms with Gasteiger partial charge in [-0.15, -0.1) is 0 Å². The summed E-state index contributed by atoms with van der Waals surface area (Å²) in [4.78, 5) is 15.0. The molecule has 0 saturated heterocycles. The molecular formula is C17H23NO. The molecule has 2 nitrogen and oxygen atoms in total. The third-order valence-corrected chi connectivity index (χ3v) is 3.24. The van der Waals surface area contributed by atoms with E-state index in [-0.39, 0.29) is 5.56 Å². The van der Waals surface area contributed by atoms with Crippen LogP contribution in [-0.2, 0) is 12.8 Å². The lowest BCUT2D eigenvalue weighted by Crippen LogP contribution is -2.11. The number of pyridine rings is 1. The Kier molecular flexibility index (Phi) is 4.08. The smallest absolute Gasteiger partial charge is 0.256 e. The molecule has 1 heterocycles. The summed E-state index contributed by atoms with van der Waals surface area (Å²) in [6.45, 7) is 8.76. The van der Waals surface area contributed by atoms with Gasteiger partial charge < -0.3 is 4.98 Å². The van der Waals surface area contributed by atoms with Crippen molar-refractivity contribution in [1.82, 2.24) is 4.98 Å². The van der Waals surface area contributed by atoms with Gasteiger partial charge >= 0.3 is 0 Å². The maximum absolute atomic E-state index is 12.1. The average Bonchev–Trinajstić information content (AvgIpc) is 2.26. The van der Waals surface area contributed by atoms with E-state index in [9.17, 15) is 4.79 Å². The summed E-state index contributed by atoms with van der Waals surface area (Å²) in [6, 6.07) is 8.31. The number of hydrogen-bond acceptors (Lipinski definition) is 1. The Morgan fingerprint density at radius 2 is 1.68 bits per heavy atom. The van der Waals surface area contributed by atoms with E-state index in [1.165, 1.54) is 5.56 Å². The largest absolute Gasteiger partial charge is 0.326 e. The molecular weight excluding hydrogens is 234 g/mol. The van der Waals surface area contributed by atoms with Gasteiger partial charge in [0.25, 0.3) is 5.56 Å². The van der Waals surface area contributed by atoms with E-state index in [1.807, 2.05) is 6.07 Å². The third kappa shape index (κ3) is 3.46. The van der Waals surface area contributed by atoms with Crippen molar-refractivity contribution >= 4 is 10.8 Å². The molecule has 1 aromatic heterocycles. The van der Waals surface area contributed by atoms with Gasteiger partial charge in [-0.3, -0.25) is 4.79 Å². The van der Waals surface area contributed by atoms with Crippen LogP contribution in [0.3, 0.4) is 0 Å². The second kappa shape index (κ2) is 5.60. The Bertz CT molecular complexity index is 617. The molecule has 0 saturated carbocycles. The molecule has 0 bridgehead atoms. The number of fused-ring (bicyclic) bond motifs is 1. The Balaban J connectivity index is 2.47. The fraction of sp³-hybridized carbons (Fsp3) is 0.471. The van der Waals surface area contributed by atoms with Crippen LogP contribution in [0.2, 0.25) is 0 Å². The minimum absolute atomic E-state index is 0.0317. The molecule has 0 amide bonds. The topological polar surface area (TPSA) is 32.9 Å². The van der Waals surface area contributed by atoms with Crippen LogP contribution in [0.4, 0.5) is 0 Å². The summed E-state index contributed by atoms with van der Waals surface area (Å²) < 4.78 is 0. The van der Waals surface area contributed by atoms with Gasteiger partial charge in [-0.05, 0) is 47.8 Å². The molecule has 0 fully saturated rings. The molecule has 0 atom stereocenters. The van der Waals surface area contributed by atoms with Gasteiger partial charge in [-0.25, -0.2) is 0 Å². The quantitative estimate of drug-likeness (QED) is 0.884. The monoisotopic (exact) mass is 257 g/mol. The normalized spacial score (nSPS) is 11.7. The molecule has 0 spiro atoms. The van der Waals surface area contributed by atoms with Gasteiger partial charge in [-0.2, -0.15) is 0 Å². The number of aromatic nitrogens is 1. The molecule has 0 aliphatic rings. The van der Waals surface area contributed by atoms with Crippen molar-refractivity contribution in [2.45, 2.75) is 40.5 Å². The SMILES string of the molecule is CC(C)Cc1ccc2c(=O)[nH]c(CC(C)C)cc2c1. The first-order valence-corrected chi connectivity index (χ1v) is 7.10. The number of hydrogen-bond donors (Lipinski definition) is 1. The number of benzene rings is 1. The number of H-pyrrole nitrogens is 1. The molecule has 19 heavy (non-hydrogen) atoms. The van der Waals surface area contributed by atoms with Crippen LogP contribution >= 0.6 is 0 Å². The van der Waals surface area contributed by atoms with Gasteiger partial charge in [-0.1, -0.05) is 39.8 Å². The molecule has 2 rings (SSSR count). The van der Waals surface area contributed by atoms with Crippen LogP contribution in [0.1, 0.15) is 39.0 Å². The van der Waals surface area contributed by atoms with Crippen LogP contribution in [0, 0.1) is 11.8 Å². The third-order valence-electron chi connectivity index (χ3n) is 3.24. The fourth-order valence-corrected chi connectivity index (χ4v) is 2.52. The Hall–Kier alpha value is -1.57. The Morgan fingerprint density at radius 3 is 2.32 bits per heavy atom. The zero-order valence-corrected chi connectivity index (χ0v) is 12.3. The minimum atomic E-state index is 0.0317. The van der Waals surface area contributed by atoms with E-state index < -0.39 is 0 Å². The Morgan fingerprint density at radius 1 is 1.00 bits per heavy atom. The van der Waals surface area contributed by atoms with Crippen LogP contribution in [0.5, 0.6) is 0 Å². The maximum atomic E-state index is 12.1. The minimum Gasteiger partial charge on any atom is -0.326 e. The van der Waals surface area contributed by atoms with Gasteiger partial charge in [0.1, 0.15) is 0 Å². The molecule has 0 aliphatic carbocycles. The van der Waals surface area contributed by atoms with Gasteiger partial charge in [0.05, 0.1) is 0 Å². The molecule has 0 aliphatic heterocycles. The first-order chi connectivity index (χ1) is 8.95. The first kappa shape index (κ1) is 13.9. The zero-order valence-electron chi connectivity index (χ0n) is 12.3. The van der Waals surface area contributed by atoms with E-state index in [1.54, 1.807) is 0 Å². The lowest BCUT2D eigenvalue weighted by molar-refractivity contribution is 0.635. The van der Waals surface area contributed by atoms with Crippen molar-refractivity contribution in [1.29, 1.82) is 0 Å². The summed E-state index contributed by atoms with van der Waals surface area (Å²) in [5.41, 5.74) is 2.38. The van der Waals surface area contributed by atoms with Crippen LogP contribution < -0.4 is 5.56 Å². The number of rotatable bonds is 4. The molecule has 0 unspecified atom stereocenters. The van der Waals surface area contributed by atoms with E-state index in [0.29, 0.717) is 11.8 Å². The summed E-state index contributed by atoms with van der Waals surface area (Å²) in [7, 11) is 0. The molecule has 102 valence electrons. The summed E-state index contributed by atoms with van der Waals surface area (Å²) in [6.07, 6.45) is 1.97. The van der Waals surface area contributed by atoms with Crippen LogP contribution in [0.15, 0.2) is 29.1 Å². The molecule has 0 radical (unpaired) electrons. The second-order valence-corrected chi connectivity index (χ2v) is 6.24. The van der Waals surface area contributed by atoms with Crippen molar-refractivity contribution in [3.8, 4) is 0 Å². The highest BCUT2D eigenvalue weighted by atomic mass is 16.1. The van der Waals surface area contributed by atoms with Crippen molar-refractivity contribution in [2.24, 2.45) is 11.8 Å². The maximum Gasteiger partial charge on any atom is 0.256 e. The predicted octanol–water partition coefficient (Wildman–Crippen LogP) is 3.93. The van der Waals surface area contributed by atoms with Gasteiger partial charge in [0, 0.05) is 11.1 Å². The lowest BCUT2D eigenvalue weighted by Gasteiger charge is -2.09.